The van der Waals surface area contributed by atoms with E-state index in [0.29, 0.717) is 23.0 Å². The first kappa shape index (κ1) is 21.0. The zero-order valence-corrected chi connectivity index (χ0v) is 18.4. The number of nitrogens with zero attached hydrogens (tertiary/aromatic N) is 6. The van der Waals surface area contributed by atoms with E-state index >= 15 is 0 Å². The summed E-state index contributed by atoms with van der Waals surface area (Å²) in [6.45, 7) is 0.605. The summed E-state index contributed by atoms with van der Waals surface area (Å²) < 4.78 is 0. The maximum atomic E-state index is 13.5. The third kappa shape index (κ3) is 4.25. The van der Waals surface area contributed by atoms with Crippen molar-refractivity contribution >= 4 is 23.5 Å². The predicted molar refractivity (Wildman–Crippen MR) is 125 cm³/mol. The lowest BCUT2D eigenvalue weighted by molar-refractivity contribution is 0.0727. The Labute approximate surface area is 195 Å². The van der Waals surface area contributed by atoms with Gasteiger partial charge in [0.05, 0.1) is 17.4 Å². The SMILES string of the molecule is Nc1ncc(-c2ccc(Cl)cc2)c([C@@H]2CCCN2C(=O)c2cccc(-c3cncnc3)n2)n1. The van der Waals surface area contributed by atoms with Gasteiger partial charge in [-0.15, -0.1) is 0 Å². The number of carbonyl (C=O) groups excluding carboxylic acids is 1. The van der Waals surface area contributed by atoms with Crippen LogP contribution in [0.1, 0.15) is 35.1 Å². The number of amides is 1. The molecule has 1 fully saturated rings. The van der Waals surface area contributed by atoms with Gasteiger partial charge in [-0.05, 0) is 42.7 Å². The quantitative estimate of drug-likeness (QED) is 0.488. The molecule has 4 heterocycles. The van der Waals surface area contributed by atoms with E-state index in [9.17, 15) is 4.79 Å². The maximum absolute atomic E-state index is 13.5. The Hall–Kier alpha value is -3.91. The molecule has 164 valence electrons. The van der Waals surface area contributed by atoms with E-state index in [4.69, 9.17) is 17.3 Å². The first-order valence-electron chi connectivity index (χ1n) is 10.5. The van der Waals surface area contributed by atoms with Crippen molar-refractivity contribution in [3.8, 4) is 22.4 Å². The fourth-order valence-corrected chi connectivity index (χ4v) is 4.23. The normalized spacial score (nSPS) is 15.5. The molecule has 1 atom stereocenters. The number of benzene rings is 1. The van der Waals surface area contributed by atoms with Crippen molar-refractivity contribution in [2.45, 2.75) is 18.9 Å². The molecule has 4 aromatic rings. The van der Waals surface area contributed by atoms with Crippen LogP contribution in [0.3, 0.4) is 0 Å². The molecule has 8 nitrogen and oxygen atoms in total. The second-order valence-corrected chi connectivity index (χ2v) is 8.16. The van der Waals surface area contributed by atoms with Gasteiger partial charge < -0.3 is 10.6 Å². The number of aromatic nitrogens is 5. The number of pyridine rings is 1. The molecular weight excluding hydrogens is 438 g/mol. The van der Waals surface area contributed by atoms with Crippen LogP contribution in [-0.2, 0) is 0 Å². The van der Waals surface area contributed by atoms with Crippen molar-refractivity contribution in [1.29, 1.82) is 0 Å². The fourth-order valence-electron chi connectivity index (χ4n) is 4.10. The van der Waals surface area contributed by atoms with Gasteiger partial charge in [0.15, 0.2) is 0 Å². The lowest BCUT2D eigenvalue weighted by Gasteiger charge is -2.26. The predicted octanol–water partition coefficient (Wildman–Crippen LogP) is 4.21. The number of likely N-dealkylation sites (tertiary alicyclic amines) is 1. The molecule has 1 aromatic carbocycles. The summed E-state index contributed by atoms with van der Waals surface area (Å²) in [5, 5.41) is 0.643. The zero-order chi connectivity index (χ0) is 22.8. The van der Waals surface area contributed by atoms with Crippen LogP contribution in [0.2, 0.25) is 5.02 Å². The molecule has 1 amide bonds. The lowest BCUT2D eigenvalue weighted by Crippen LogP contribution is -2.32. The highest BCUT2D eigenvalue weighted by molar-refractivity contribution is 6.30. The smallest absolute Gasteiger partial charge is 0.273 e. The zero-order valence-electron chi connectivity index (χ0n) is 17.6. The van der Waals surface area contributed by atoms with Crippen molar-refractivity contribution in [3.63, 3.8) is 0 Å². The number of rotatable bonds is 4. The summed E-state index contributed by atoms with van der Waals surface area (Å²) >= 11 is 6.06. The molecule has 0 aliphatic carbocycles. The largest absolute Gasteiger partial charge is 0.368 e. The van der Waals surface area contributed by atoms with Gasteiger partial charge >= 0.3 is 0 Å². The Morgan fingerprint density at radius 3 is 2.58 bits per heavy atom. The number of anilines is 1. The second-order valence-electron chi connectivity index (χ2n) is 7.73. The average molecular weight is 458 g/mol. The van der Waals surface area contributed by atoms with Crippen LogP contribution in [0.4, 0.5) is 5.95 Å². The van der Waals surface area contributed by atoms with E-state index in [1.54, 1.807) is 24.7 Å². The standard InChI is InChI=1S/C24H20ClN7O/c25-17-8-6-15(7-9-17)18-13-29-24(26)31-22(18)21-5-2-10-32(21)23(33)20-4-1-3-19(30-20)16-11-27-14-28-12-16/h1,3-4,6-9,11-14,21H,2,5,10H2,(H2,26,29,31)/t21-/m0/s1. The molecule has 0 bridgehead atoms. The highest BCUT2D eigenvalue weighted by Gasteiger charge is 2.34. The van der Waals surface area contributed by atoms with Gasteiger partial charge in [0.25, 0.3) is 5.91 Å². The molecular formula is C24H20ClN7O. The molecule has 5 rings (SSSR count). The van der Waals surface area contributed by atoms with E-state index in [2.05, 4.69) is 24.9 Å². The minimum Gasteiger partial charge on any atom is -0.368 e. The van der Waals surface area contributed by atoms with Crippen molar-refractivity contribution in [2.75, 3.05) is 12.3 Å². The Balaban J connectivity index is 1.50. The van der Waals surface area contributed by atoms with Gasteiger partial charge in [-0.25, -0.2) is 24.9 Å². The Bertz CT molecular complexity index is 1300. The van der Waals surface area contributed by atoms with Gasteiger partial charge in [0.1, 0.15) is 12.0 Å². The third-order valence-electron chi connectivity index (χ3n) is 5.65. The summed E-state index contributed by atoms with van der Waals surface area (Å²) in [7, 11) is 0. The van der Waals surface area contributed by atoms with Crippen LogP contribution in [0.15, 0.2) is 67.4 Å². The summed E-state index contributed by atoms with van der Waals surface area (Å²) in [6.07, 6.45) is 8.13. The van der Waals surface area contributed by atoms with E-state index < -0.39 is 0 Å². The molecule has 0 spiro atoms. The molecule has 33 heavy (non-hydrogen) atoms. The van der Waals surface area contributed by atoms with Gasteiger partial charge in [0.2, 0.25) is 5.95 Å². The first-order chi connectivity index (χ1) is 16.1. The van der Waals surface area contributed by atoms with Crippen molar-refractivity contribution in [1.82, 2.24) is 29.8 Å². The number of nitrogens with two attached hydrogens (primary N) is 1. The molecule has 9 heteroatoms. The van der Waals surface area contributed by atoms with Gasteiger partial charge in [0, 0.05) is 41.3 Å². The monoisotopic (exact) mass is 457 g/mol. The van der Waals surface area contributed by atoms with E-state index in [-0.39, 0.29) is 17.9 Å². The summed E-state index contributed by atoms with van der Waals surface area (Å²) in [6, 6.07) is 12.6. The number of hydrogen-bond acceptors (Lipinski definition) is 7. The van der Waals surface area contributed by atoms with Crippen LogP contribution in [-0.4, -0.2) is 42.3 Å². The number of carbonyl (C=O) groups is 1. The molecule has 1 aliphatic heterocycles. The van der Waals surface area contributed by atoms with Crippen LogP contribution in [0.5, 0.6) is 0 Å². The average Bonchev–Trinajstić information content (AvgIpc) is 3.35. The van der Waals surface area contributed by atoms with Crippen LogP contribution in [0, 0.1) is 0 Å². The molecule has 0 unspecified atom stereocenters. The molecule has 2 N–H and O–H groups in total. The minimum absolute atomic E-state index is 0.157. The molecule has 0 radical (unpaired) electrons. The highest BCUT2D eigenvalue weighted by Crippen LogP contribution is 2.37. The van der Waals surface area contributed by atoms with Crippen molar-refractivity contribution in [2.24, 2.45) is 0 Å². The Kier molecular flexibility index (Phi) is 5.66. The van der Waals surface area contributed by atoms with Gasteiger partial charge in [-0.1, -0.05) is 29.8 Å². The lowest BCUT2D eigenvalue weighted by atomic mass is 9.99. The van der Waals surface area contributed by atoms with Crippen LogP contribution >= 0.6 is 11.6 Å². The minimum atomic E-state index is -0.237. The fraction of sp³-hybridized carbons (Fsp3) is 0.167. The van der Waals surface area contributed by atoms with Crippen molar-refractivity contribution in [3.05, 3.63) is 83.8 Å². The summed E-state index contributed by atoms with van der Waals surface area (Å²) in [4.78, 5) is 36.7. The molecule has 1 aliphatic rings. The van der Waals surface area contributed by atoms with Gasteiger partial charge in [-0.2, -0.15) is 0 Å². The summed E-state index contributed by atoms with van der Waals surface area (Å²) in [5.74, 6) is 0.0154. The molecule has 0 saturated carbocycles. The van der Waals surface area contributed by atoms with Crippen LogP contribution < -0.4 is 5.73 Å². The van der Waals surface area contributed by atoms with E-state index in [1.807, 2.05) is 41.3 Å². The molecule has 3 aromatic heterocycles. The van der Waals surface area contributed by atoms with E-state index in [0.717, 1.165) is 35.2 Å². The number of halogens is 1. The first-order valence-corrected chi connectivity index (χ1v) is 10.9. The van der Waals surface area contributed by atoms with Crippen LogP contribution in [0.25, 0.3) is 22.4 Å². The highest BCUT2D eigenvalue weighted by atomic mass is 35.5. The topological polar surface area (TPSA) is 111 Å². The second kappa shape index (κ2) is 8.91. The van der Waals surface area contributed by atoms with Gasteiger partial charge in [-0.3, -0.25) is 4.79 Å². The van der Waals surface area contributed by atoms with Crippen molar-refractivity contribution < 1.29 is 4.79 Å². The summed E-state index contributed by atoms with van der Waals surface area (Å²) in [5.41, 5.74) is 10.2. The molecule has 1 saturated heterocycles. The Morgan fingerprint density at radius 2 is 1.79 bits per heavy atom. The maximum Gasteiger partial charge on any atom is 0.273 e. The van der Waals surface area contributed by atoms with E-state index in [1.165, 1.54) is 6.33 Å². The Morgan fingerprint density at radius 1 is 1.00 bits per heavy atom. The third-order valence-corrected chi connectivity index (χ3v) is 5.90. The number of nitrogen functional groups attached to an aromatic ring is 1. The number of hydrogen-bond donors (Lipinski definition) is 1.